The number of Topliss-reactive ketones (excluding diaryl/α,β-unsaturated/α-hetero) is 1. The molecule has 4 heteroatoms. The Morgan fingerprint density at radius 1 is 1.37 bits per heavy atom. The maximum Gasteiger partial charge on any atom is 0.193 e. The highest BCUT2D eigenvalue weighted by atomic mass is 32.1. The SMILES string of the molecule is CCc1ccccc1C(=O)Cc1cn2ccsc2n1. The van der Waals surface area contributed by atoms with E-state index in [1.54, 1.807) is 11.3 Å². The second kappa shape index (κ2) is 4.97. The van der Waals surface area contributed by atoms with Crippen molar-refractivity contribution in [2.75, 3.05) is 0 Å². The topological polar surface area (TPSA) is 34.4 Å². The summed E-state index contributed by atoms with van der Waals surface area (Å²) < 4.78 is 1.96. The number of rotatable bonds is 4. The smallest absolute Gasteiger partial charge is 0.193 e. The van der Waals surface area contributed by atoms with E-state index in [0.717, 1.165) is 28.2 Å². The molecule has 0 N–H and O–H groups in total. The minimum atomic E-state index is 0.142. The third kappa shape index (κ3) is 2.31. The van der Waals surface area contributed by atoms with Crippen LogP contribution in [-0.2, 0) is 12.8 Å². The Morgan fingerprint density at radius 3 is 3.00 bits per heavy atom. The number of thiazole rings is 1. The van der Waals surface area contributed by atoms with Crippen LogP contribution in [0.2, 0.25) is 0 Å². The minimum Gasteiger partial charge on any atom is -0.297 e. The van der Waals surface area contributed by atoms with Crippen molar-refractivity contribution < 1.29 is 4.79 Å². The van der Waals surface area contributed by atoms with Gasteiger partial charge >= 0.3 is 0 Å². The largest absolute Gasteiger partial charge is 0.297 e. The van der Waals surface area contributed by atoms with Crippen LogP contribution in [0.1, 0.15) is 28.5 Å². The zero-order valence-electron chi connectivity index (χ0n) is 10.7. The number of nitrogens with zero attached hydrogens (tertiary/aromatic N) is 2. The fourth-order valence-corrected chi connectivity index (χ4v) is 2.94. The molecule has 19 heavy (non-hydrogen) atoms. The number of aromatic nitrogens is 2. The van der Waals surface area contributed by atoms with E-state index < -0.39 is 0 Å². The van der Waals surface area contributed by atoms with E-state index in [-0.39, 0.29) is 5.78 Å². The van der Waals surface area contributed by atoms with E-state index in [1.807, 2.05) is 46.4 Å². The third-order valence-electron chi connectivity index (χ3n) is 3.18. The third-order valence-corrected chi connectivity index (χ3v) is 3.95. The first kappa shape index (κ1) is 12.1. The highest BCUT2D eigenvalue weighted by molar-refractivity contribution is 7.15. The van der Waals surface area contributed by atoms with Gasteiger partial charge in [0, 0.05) is 23.3 Å². The number of ketones is 1. The van der Waals surface area contributed by atoms with Gasteiger partial charge in [0.15, 0.2) is 10.7 Å². The summed E-state index contributed by atoms with van der Waals surface area (Å²) in [7, 11) is 0. The van der Waals surface area contributed by atoms with Crippen LogP contribution in [0.3, 0.4) is 0 Å². The predicted molar refractivity (Wildman–Crippen MR) is 76.9 cm³/mol. The monoisotopic (exact) mass is 270 g/mol. The van der Waals surface area contributed by atoms with E-state index in [0.29, 0.717) is 6.42 Å². The Labute approximate surface area is 115 Å². The van der Waals surface area contributed by atoms with Crippen molar-refractivity contribution >= 4 is 22.1 Å². The van der Waals surface area contributed by atoms with Crippen molar-refractivity contribution in [3.05, 3.63) is 58.9 Å². The Kier molecular flexibility index (Phi) is 3.17. The molecule has 0 aliphatic carbocycles. The lowest BCUT2D eigenvalue weighted by atomic mass is 9.99. The van der Waals surface area contributed by atoms with Gasteiger partial charge in [-0.3, -0.25) is 9.20 Å². The molecule has 0 fully saturated rings. The number of carbonyl (C=O) groups excluding carboxylic acids is 1. The highest BCUT2D eigenvalue weighted by Gasteiger charge is 2.13. The Balaban J connectivity index is 1.86. The van der Waals surface area contributed by atoms with Gasteiger partial charge in [0.25, 0.3) is 0 Å². The van der Waals surface area contributed by atoms with Gasteiger partial charge in [-0.05, 0) is 12.0 Å². The van der Waals surface area contributed by atoms with E-state index >= 15 is 0 Å². The summed E-state index contributed by atoms with van der Waals surface area (Å²) in [6, 6.07) is 7.80. The highest BCUT2D eigenvalue weighted by Crippen LogP contribution is 2.15. The number of fused-ring (bicyclic) bond motifs is 1. The molecule has 96 valence electrons. The van der Waals surface area contributed by atoms with E-state index in [2.05, 4.69) is 11.9 Å². The van der Waals surface area contributed by atoms with Crippen LogP contribution in [0.25, 0.3) is 4.96 Å². The maximum absolute atomic E-state index is 12.3. The molecule has 0 saturated carbocycles. The van der Waals surface area contributed by atoms with E-state index in [4.69, 9.17) is 0 Å². The van der Waals surface area contributed by atoms with Gasteiger partial charge in [-0.1, -0.05) is 31.2 Å². The zero-order valence-corrected chi connectivity index (χ0v) is 11.5. The van der Waals surface area contributed by atoms with Crippen LogP contribution < -0.4 is 0 Å². The van der Waals surface area contributed by atoms with Crippen molar-refractivity contribution in [3.8, 4) is 0 Å². The van der Waals surface area contributed by atoms with E-state index in [9.17, 15) is 4.79 Å². The molecule has 3 nitrogen and oxygen atoms in total. The summed E-state index contributed by atoms with van der Waals surface area (Å²) in [6.07, 6.45) is 5.13. The van der Waals surface area contributed by atoms with Crippen LogP contribution in [-0.4, -0.2) is 15.2 Å². The van der Waals surface area contributed by atoms with Crippen LogP contribution in [0.4, 0.5) is 0 Å². The number of benzene rings is 1. The lowest BCUT2D eigenvalue weighted by Gasteiger charge is -2.05. The van der Waals surface area contributed by atoms with Gasteiger partial charge in [0.2, 0.25) is 0 Å². The molecule has 3 aromatic rings. The fourth-order valence-electron chi connectivity index (χ4n) is 2.22. The average molecular weight is 270 g/mol. The molecule has 0 radical (unpaired) electrons. The molecule has 0 atom stereocenters. The lowest BCUT2D eigenvalue weighted by molar-refractivity contribution is 0.0991. The van der Waals surface area contributed by atoms with Gasteiger partial charge < -0.3 is 0 Å². The number of hydrogen-bond acceptors (Lipinski definition) is 3. The summed E-state index contributed by atoms with van der Waals surface area (Å²) in [5.74, 6) is 0.142. The minimum absolute atomic E-state index is 0.142. The summed E-state index contributed by atoms with van der Waals surface area (Å²) in [5, 5.41) is 1.99. The van der Waals surface area contributed by atoms with Crippen molar-refractivity contribution in [2.45, 2.75) is 19.8 Å². The molecule has 0 spiro atoms. The van der Waals surface area contributed by atoms with Crippen LogP contribution in [0, 0.1) is 0 Å². The summed E-state index contributed by atoms with van der Waals surface area (Å²) in [5.41, 5.74) is 2.76. The quantitative estimate of drug-likeness (QED) is 0.681. The first-order valence-corrected chi connectivity index (χ1v) is 7.18. The predicted octanol–water partition coefficient (Wildman–Crippen LogP) is 3.38. The van der Waals surface area contributed by atoms with E-state index in [1.165, 1.54) is 0 Å². The number of hydrogen-bond donors (Lipinski definition) is 0. The van der Waals surface area contributed by atoms with Crippen molar-refractivity contribution in [1.82, 2.24) is 9.38 Å². The first-order chi connectivity index (χ1) is 9.28. The standard InChI is InChI=1S/C15H14N2OS/c1-2-11-5-3-4-6-13(11)14(18)9-12-10-17-7-8-19-15(17)16-12/h3-8,10H,2,9H2,1H3. The van der Waals surface area contributed by atoms with Crippen molar-refractivity contribution in [3.63, 3.8) is 0 Å². The van der Waals surface area contributed by atoms with Gasteiger partial charge in [-0.2, -0.15) is 0 Å². The van der Waals surface area contributed by atoms with Gasteiger partial charge in [0.05, 0.1) is 12.1 Å². The molecule has 3 rings (SSSR count). The van der Waals surface area contributed by atoms with Gasteiger partial charge in [-0.15, -0.1) is 11.3 Å². The lowest BCUT2D eigenvalue weighted by Crippen LogP contribution is -2.07. The summed E-state index contributed by atoms with van der Waals surface area (Å²) >= 11 is 1.58. The van der Waals surface area contributed by atoms with Crippen molar-refractivity contribution in [1.29, 1.82) is 0 Å². The molecular formula is C15H14N2OS. The van der Waals surface area contributed by atoms with Gasteiger partial charge in [0.1, 0.15) is 0 Å². The Bertz CT molecular complexity index is 698. The van der Waals surface area contributed by atoms with Gasteiger partial charge in [-0.25, -0.2) is 4.98 Å². The Hall–Kier alpha value is -1.94. The Morgan fingerprint density at radius 2 is 2.21 bits per heavy atom. The molecule has 2 aromatic heterocycles. The zero-order chi connectivity index (χ0) is 13.2. The molecule has 0 unspecified atom stereocenters. The second-order valence-corrected chi connectivity index (χ2v) is 5.31. The van der Waals surface area contributed by atoms with Crippen molar-refractivity contribution in [2.24, 2.45) is 0 Å². The fraction of sp³-hybridized carbons (Fsp3) is 0.200. The molecular weight excluding hydrogens is 256 g/mol. The maximum atomic E-state index is 12.3. The number of imidazole rings is 1. The second-order valence-electron chi connectivity index (χ2n) is 4.44. The van der Waals surface area contributed by atoms with Crippen LogP contribution in [0.15, 0.2) is 42.0 Å². The molecule has 0 aliphatic rings. The summed E-state index contributed by atoms with van der Waals surface area (Å²) in [6.45, 7) is 2.07. The van der Waals surface area contributed by atoms with Crippen LogP contribution >= 0.6 is 11.3 Å². The normalized spacial score (nSPS) is 11.0. The number of carbonyl (C=O) groups is 1. The molecule has 1 aromatic carbocycles. The first-order valence-electron chi connectivity index (χ1n) is 6.30. The molecule has 0 bridgehead atoms. The number of aryl methyl sites for hydroxylation is 1. The molecule has 0 aliphatic heterocycles. The molecule has 2 heterocycles. The molecule has 0 amide bonds. The van der Waals surface area contributed by atoms with Crippen LogP contribution in [0.5, 0.6) is 0 Å². The molecule has 0 saturated heterocycles. The summed E-state index contributed by atoms with van der Waals surface area (Å²) in [4.78, 5) is 17.7. The average Bonchev–Trinajstić information content (AvgIpc) is 2.99.